The SMILES string of the molecule is CCN1C[C@H](C(=O)O)[C@@H](c2ccc(O)cc2)C1. The molecule has 4 nitrogen and oxygen atoms in total. The number of likely N-dealkylation sites (tertiary alicyclic amines) is 1. The first-order valence-electron chi connectivity index (χ1n) is 5.86. The molecule has 2 atom stereocenters. The van der Waals surface area contributed by atoms with Crippen LogP contribution >= 0.6 is 0 Å². The van der Waals surface area contributed by atoms with Crippen LogP contribution in [0.15, 0.2) is 24.3 Å². The number of carbonyl (C=O) groups is 1. The lowest BCUT2D eigenvalue weighted by Crippen LogP contribution is -2.23. The van der Waals surface area contributed by atoms with Gasteiger partial charge in [-0.2, -0.15) is 0 Å². The van der Waals surface area contributed by atoms with Crippen LogP contribution in [0.25, 0.3) is 0 Å². The molecule has 1 aromatic carbocycles. The highest BCUT2D eigenvalue weighted by atomic mass is 16.4. The summed E-state index contributed by atoms with van der Waals surface area (Å²) in [5, 5.41) is 18.5. The van der Waals surface area contributed by atoms with Gasteiger partial charge in [0.05, 0.1) is 5.92 Å². The van der Waals surface area contributed by atoms with Crippen molar-refractivity contribution in [1.29, 1.82) is 0 Å². The van der Waals surface area contributed by atoms with E-state index >= 15 is 0 Å². The number of rotatable bonds is 3. The summed E-state index contributed by atoms with van der Waals surface area (Å²) in [7, 11) is 0. The number of nitrogens with zero attached hydrogens (tertiary/aromatic N) is 1. The van der Waals surface area contributed by atoms with Crippen molar-refractivity contribution < 1.29 is 15.0 Å². The molecule has 4 heteroatoms. The Labute approximate surface area is 100 Å². The molecule has 1 heterocycles. The summed E-state index contributed by atoms with van der Waals surface area (Å²) in [4.78, 5) is 13.4. The molecular weight excluding hydrogens is 218 g/mol. The fourth-order valence-electron chi connectivity index (χ4n) is 2.45. The maximum atomic E-state index is 11.2. The molecule has 0 unspecified atom stereocenters. The van der Waals surface area contributed by atoms with Gasteiger partial charge in [0, 0.05) is 19.0 Å². The van der Waals surface area contributed by atoms with Gasteiger partial charge in [0.2, 0.25) is 0 Å². The molecule has 0 saturated carbocycles. The average molecular weight is 235 g/mol. The zero-order valence-electron chi connectivity index (χ0n) is 9.84. The molecule has 92 valence electrons. The van der Waals surface area contributed by atoms with E-state index < -0.39 is 5.97 Å². The number of carboxylic acid groups (broad SMARTS) is 1. The Morgan fingerprint density at radius 1 is 1.35 bits per heavy atom. The van der Waals surface area contributed by atoms with Crippen LogP contribution in [0.2, 0.25) is 0 Å². The van der Waals surface area contributed by atoms with Crippen molar-refractivity contribution in [1.82, 2.24) is 4.90 Å². The molecule has 17 heavy (non-hydrogen) atoms. The van der Waals surface area contributed by atoms with Crippen LogP contribution in [-0.4, -0.2) is 40.7 Å². The third-order valence-corrected chi connectivity index (χ3v) is 3.48. The highest BCUT2D eigenvalue weighted by molar-refractivity contribution is 5.72. The van der Waals surface area contributed by atoms with Crippen molar-refractivity contribution in [3.8, 4) is 5.75 Å². The molecule has 1 fully saturated rings. The Bertz CT molecular complexity index is 402. The van der Waals surface area contributed by atoms with Crippen molar-refractivity contribution >= 4 is 5.97 Å². The molecule has 2 N–H and O–H groups in total. The Morgan fingerprint density at radius 2 is 2.00 bits per heavy atom. The predicted octanol–water partition coefficient (Wildman–Crippen LogP) is 1.51. The van der Waals surface area contributed by atoms with Crippen LogP contribution in [0.4, 0.5) is 0 Å². The summed E-state index contributed by atoms with van der Waals surface area (Å²) in [6, 6.07) is 6.86. The second kappa shape index (κ2) is 4.75. The largest absolute Gasteiger partial charge is 0.508 e. The number of benzene rings is 1. The second-order valence-electron chi connectivity index (χ2n) is 4.49. The maximum absolute atomic E-state index is 11.2. The molecule has 1 aromatic rings. The normalized spacial score (nSPS) is 25.0. The van der Waals surface area contributed by atoms with Gasteiger partial charge in [-0.15, -0.1) is 0 Å². The van der Waals surface area contributed by atoms with E-state index in [4.69, 9.17) is 0 Å². The van der Waals surface area contributed by atoms with Crippen molar-refractivity contribution in [3.63, 3.8) is 0 Å². The number of hydrogen-bond acceptors (Lipinski definition) is 3. The van der Waals surface area contributed by atoms with E-state index in [1.807, 2.05) is 19.1 Å². The van der Waals surface area contributed by atoms with Crippen LogP contribution in [0.5, 0.6) is 5.75 Å². The smallest absolute Gasteiger partial charge is 0.308 e. The summed E-state index contributed by atoms with van der Waals surface area (Å²) in [5.74, 6) is -0.850. The van der Waals surface area contributed by atoms with Crippen LogP contribution in [0.1, 0.15) is 18.4 Å². The number of aliphatic carboxylic acids is 1. The molecular formula is C13H17NO3. The summed E-state index contributed by atoms with van der Waals surface area (Å²) in [6.45, 7) is 4.30. The van der Waals surface area contributed by atoms with Crippen molar-refractivity contribution in [2.24, 2.45) is 5.92 Å². The van der Waals surface area contributed by atoms with Gasteiger partial charge >= 0.3 is 5.97 Å². The summed E-state index contributed by atoms with van der Waals surface area (Å²) in [6.07, 6.45) is 0. The zero-order chi connectivity index (χ0) is 12.4. The molecule has 0 aromatic heterocycles. The number of aromatic hydroxyl groups is 1. The minimum absolute atomic E-state index is 0.0213. The standard InChI is InChI=1S/C13H17NO3/c1-2-14-7-11(12(8-14)13(16)17)9-3-5-10(15)6-4-9/h3-6,11-12,15H,2,7-8H2,1H3,(H,16,17)/t11-,12+/m1/s1. The fourth-order valence-corrected chi connectivity index (χ4v) is 2.45. The molecule has 0 bridgehead atoms. The van der Waals surface area contributed by atoms with Crippen LogP contribution in [0.3, 0.4) is 0 Å². The highest BCUT2D eigenvalue weighted by Gasteiger charge is 2.37. The first-order valence-corrected chi connectivity index (χ1v) is 5.86. The lowest BCUT2D eigenvalue weighted by Gasteiger charge is -2.15. The quantitative estimate of drug-likeness (QED) is 0.833. The number of phenols is 1. The van der Waals surface area contributed by atoms with E-state index in [0.29, 0.717) is 6.54 Å². The lowest BCUT2D eigenvalue weighted by molar-refractivity contribution is -0.141. The topological polar surface area (TPSA) is 60.8 Å². The fraction of sp³-hybridized carbons (Fsp3) is 0.462. The second-order valence-corrected chi connectivity index (χ2v) is 4.49. The molecule has 0 spiro atoms. The minimum Gasteiger partial charge on any atom is -0.508 e. The lowest BCUT2D eigenvalue weighted by atomic mass is 9.89. The predicted molar refractivity (Wildman–Crippen MR) is 64.1 cm³/mol. The van der Waals surface area contributed by atoms with Crippen molar-refractivity contribution in [3.05, 3.63) is 29.8 Å². The number of hydrogen-bond donors (Lipinski definition) is 2. The molecule has 1 saturated heterocycles. The Hall–Kier alpha value is -1.55. The van der Waals surface area contributed by atoms with Gasteiger partial charge in [0.25, 0.3) is 0 Å². The first kappa shape index (κ1) is 11.9. The number of likely N-dealkylation sites (N-methyl/N-ethyl adjacent to an activating group) is 1. The van der Waals surface area contributed by atoms with E-state index in [0.717, 1.165) is 18.7 Å². The molecule has 2 rings (SSSR count). The van der Waals surface area contributed by atoms with E-state index in [9.17, 15) is 15.0 Å². The molecule has 0 radical (unpaired) electrons. The third-order valence-electron chi connectivity index (χ3n) is 3.48. The Balaban J connectivity index is 2.23. The van der Waals surface area contributed by atoms with Gasteiger partial charge in [0.1, 0.15) is 5.75 Å². The molecule has 1 aliphatic heterocycles. The molecule has 1 aliphatic rings. The summed E-state index contributed by atoms with van der Waals surface area (Å²) < 4.78 is 0. The van der Waals surface area contributed by atoms with Crippen LogP contribution in [0, 0.1) is 5.92 Å². The molecule has 0 amide bonds. The number of carboxylic acids is 1. The van der Waals surface area contributed by atoms with E-state index in [-0.39, 0.29) is 17.6 Å². The summed E-state index contributed by atoms with van der Waals surface area (Å²) in [5.41, 5.74) is 0.992. The molecule has 0 aliphatic carbocycles. The minimum atomic E-state index is -0.737. The van der Waals surface area contributed by atoms with Crippen LogP contribution < -0.4 is 0 Å². The van der Waals surface area contributed by atoms with Crippen LogP contribution in [-0.2, 0) is 4.79 Å². The van der Waals surface area contributed by atoms with Gasteiger partial charge < -0.3 is 15.1 Å². The zero-order valence-corrected chi connectivity index (χ0v) is 9.84. The maximum Gasteiger partial charge on any atom is 0.308 e. The van der Waals surface area contributed by atoms with Gasteiger partial charge in [-0.3, -0.25) is 4.79 Å². The monoisotopic (exact) mass is 235 g/mol. The van der Waals surface area contributed by atoms with Crippen molar-refractivity contribution in [2.45, 2.75) is 12.8 Å². The van der Waals surface area contributed by atoms with Gasteiger partial charge in [-0.05, 0) is 24.2 Å². The van der Waals surface area contributed by atoms with Crippen molar-refractivity contribution in [2.75, 3.05) is 19.6 Å². The Morgan fingerprint density at radius 3 is 2.53 bits per heavy atom. The third kappa shape index (κ3) is 2.42. The number of phenolic OH excluding ortho intramolecular Hbond substituents is 1. The Kier molecular flexibility index (Phi) is 3.33. The first-order chi connectivity index (χ1) is 8.11. The van der Waals surface area contributed by atoms with Gasteiger partial charge in [-0.25, -0.2) is 0 Å². The van der Waals surface area contributed by atoms with Gasteiger partial charge in [-0.1, -0.05) is 19.1 Å². The highest BCUT2D eigenvalue weighted by Crippen LogP contribution is 2.33. The van der Waals surface area contributed by atoms with E-state index in [2.05, 4.69) is 4.90 Å². The van der Waals surface area contributed by atoms with Gasteiger partial charge in [0.15, 0.2) is 0 Å². The average Bonchev–Trinajstić information content (AvgIpc) is 2.74. The summed E-state index contributed by atoms with van der Waals surface area (Å²) >= 11 is 0. The van der Waals surface area contributed by atoms with E-state index in [1.54, 1.807) is 12.1 Å². The van der Waals surface area contributed by atoms with E-state index in [1.165, 1.54) is 0 Å².